The topological polar surface area (TPSA) is 3.24 Å². The molecule has 1 fully saturated rings. The van der Waals surface area contributed by atoms with Crippen LogP contribution in [0.3, 0.4) is 0 Å². The lowest BCUT2D eigenvalue weighted by Crippen LogP contribution is -2.35. The second-order valence-corrected chi connectivity index (χ2v) is 5.73. The highest BCUT2D eigenvalue weighted by Gasteiger charge is 2.37. The van der Waals surface area contributed by atoms with Gasteiger partial charge < -0.3 is 4.90 Å². The zero-order valence-corrected chi connectivity index (χ0v) is 11.1. The van der Waals surface area contributed by atoms with Crippen LogP contribution in [0.4, 0.5) is 5.69 Å². The van der Waals surface area contributed by atoms with Crippen LogP contribution in [-0.2, 0) is 6.42 Å². The molecule has 0 unspecified atom stereocenters. The molecule has 96 valence electrons. The standard InChI is InChI=1S/C18H19N/c1-2-6-14(7-3-1)18-13-12-16-11-10-15-8-4-5-9-17(15)19(16)18/h1-9,16,18H,10-13H2/t16-,18-/m0/s1. The Hall–Kier alpha value is -1.76. The number of hydrogen-bond donors (Lipinski definition) is 0. The number of hydrogen-bond acceptors (Lipinski definition) is 1. The maximum Gasteiger partial charge on any atom is 0.0546 e. The van der Waals surface area contributed by atoms with Crippen LogP contribution in [0.25, 0.3) is 0 Å². The van der Waals surface area contributed by atoms with Gasteiger partial charge in [-0.05, 0) is 42.9 Å². The molecule has 2 aromatic carbocycles. The van der Waals surface area contributed by atoms with E-state index in [-0.39, 0.29) is 0 Å². The van der Waals surface area contributed by atoms with E-state index in [1.807, 2.05) is 0 Å². The van der Waals surface area contributed by atoms with E-state index in [1.54, 1.807) is 0 Å². The fraction of sp³-hybridized carbons (Fsp3) is 0.333. The molecule has 0 amide bonds. The van der Waals surface area contributed by atoms with Crippen molar-refractivity contribution in [3.8, 4) is 0 Å². The summed E-state index contributed by atoms with van der Waals surface area (Å²) in [7, 11) is 0. The van der Waals surface area contributed by atoms with Gasteiger partial charge in [0.25, 0.3) is 0 Å². The lowest BCUT2D eigenvalue weighted by Gasteiger charge is -2.38. The van der Waals surface area contributed by atoms with Crippen molar-refractivity contribution in [2.75, 3.05) is 4.90 Å². The first-order valence-electron chi connectivity index (χ1n) is 7.35. The lowest BCUT2D eigenvalue weighted by molar-refractivity contribution is 0.567. The van der Waals surface area contributed by atoms with Crippen LogP contribution in [0.5, 0.6) is 0 Å². The average molecular weight is 249 g/mol. The second kappa shape index (κ2) is 4.41. The van der Waals surface area contributed by atoms with Gasteiger partial charge in [0, 0.05) is 11.7 Å². The normalized spacial score (nSPS) is 24.9. The molecule has 0 saturated carbocycles. The summed E-state index contributed by atoms with van der Waals surface area (Å²) in [5, 5.41) is 0. The molecular formula is C18H19N. The summed E-state index contributed by atoms with van der Waals surface area (Å²) in [6.07, 6.45) is 5.20. The van der Waals surface area contributed by atoms with Crippen molar-refractivity contribution in [1.82, 2.24) is 0 Å². The van der Waals surface area contributed by atoms with Crippen molar-refractivity contribution < 1.29 is 0 Å². The highest BCUT2D eigenvalue weighted by Crippen LogP contribution is 2.45. The number of anilines is 1. The second-order valence-electron chi connectivity index (χ2n) is 5.73. The Morgan fingerprint density at radius 1 is 0.789 bits per heavy atom. The van der Waals surface area contributed by atoms with Crippen molar-refractivity contribution in [2.45, 2.75) is 37.8 Å². The highest BCUT2D eigenvalue weighted by molar-refractivity contribution is 5.59. The van der Waals surface area contributed by atoms with E-state index >= 15 is 0 Å². The summed E-state index contributed by atoms with van der Waals surface area (Å²) in [5.74, 6) is 0. The molecule has 2 aliphatic heterocycles. The van der Waals surface area contributed by atoms with Crippen molar-refractivity contribution in [1.29, 1.82) is 0 Å². The van der Waals surface area contributed by atoms with Crippen molar-refractivity contribution >= 4 is 5.69 Å². The largest absolute Gasteiger partial charge is 0.361 e. The number of rotatable bonds is 1. The van der Waals surface area contributed by atoms with Gasteiger partial charge in [0.05, 0.1) is 6.04 Å². The van der Waals surface area contributed by atoms with Crippen molar-refractivity contribution in [2.24, 2.45) is 0 Å². The van der Waals surface area contributed by atoms with Crippen LogP contribution in [0.15, 0.2) is 54.6 Å². The van der Waals surface area contributed by atoms with Gasteiger partial charge in [-0.15, -0.1) is 0 Å². The van der Waals surface area contributed by atoms with Crippen LogP contribution >= 0.6 is 0 Å². The molecule has 19 heavy (non-hydrogen) atoms. The fourth-order valence-corrected chi connectivity index (χ4v) is 3.83. The zero-order valence-electron chi connectivity index (χ0n) is 11.1. The van der Waals surface area contributed by atoms with Crippen molar-refractivity contribution in [3.63, 3.8) is 0 Å². The van der Waals surface area contributed by atoms with E-state index < -0.39 is 0 Å². The third kappa shape index (κ3) is 1.76. The predicted molar refractivity (Wildman–Crippen MR) is 79.4 cm³/mol. The molecule has 0 N–H and O–H groups in total. The van der Waals surface area contributed by atoms with Gasteiger partial charge in [-0.1, -0.05) is 48.5 Å². The monoisotopic (exact) mass is 249 g/mol. The summed E-state index contributed by atoms with van der Waals surface area (Å²) in [4.78, 5) is 2.69. The zero-order chi connectivity index (χ0) is 12.7. The summed E-state index contributed by atoms with van der Waals surface area (Å²) >= 11 is 0. The van der Waals surface area contributed by atoms with Gasteiger partial charge in [0.15, 0.2) is 0 Å². The molecular weight excluding hydrogens is 230 g/mol. The highest BCUT2D eigenvalue weighted by atomic mass is 15.2. The van der Waals surface area contributed by atoms with Gasteiger partial charge >= 0.3 is 0 Å². The number of nitrogens with zero attached hydrogens (tertiary/aromatic N) is 1. The van der Waals surface area contributed by atoms with Gasteiger partial charge in [0.1, 0.15) is 0 Å². The molecule has 2 heterocycles. The molecule has 4 rings (SSSR count). The summed E-state index contributed by atoms with van der Waals surface area (Å²) < 4.78 is 0. The van der Waals surface area contributed by atoms with Crippen LogP contribution in [0, 0.1) is 0 Å². The van der Waals surface area contributed by atoms with Crippen LogP contribution in [-0.4, -0.2) is 6.04 Å². The third-order valence-corrected chi connectivity index (χ3v) is 4.70. The molecule has 0 radical (unpaired) electrons. The van der Waals surface area contributed by atoms with E-state index in [2.05, 4.69) is 59.5 Å². The predicted octanol–water partition coefficient (Wildman–Crippen LogP) is 4.34. The van der Waals surface area contributed by atoms with Gasteiger partial charge in [-0.25, -0.2) is 0 Å². The number of benzene rings is 2. The molecule has 1 saturated heterocycles. The van der Waals surface area contributed by atoms with E-state index in [4.69, 9.17) is 0 Å². The minimum Gasteiger partial charge on any atom is -0.361 e. The fourth-order valence-electron chi connectivity index (χ4n) is 3.83. The van der Waals surface area contributed by atoms with Crippen molar-refractivity contribution in [3.05, 3.63) is 65.7 Å². The Bertz CT molecular complexity index is 575. The molecule has 2 atom stereocenters. The summed E-state index contributed by atoms with van der Waals surface area (Å²) in [6, 6.07) is 21.3. The Morgan fingerprint density at radius 2 is 1.58 bits per heavy atom. The SMILES string of the molecule is c1ccc([C@@H]2CC[C@@H]3CCc4ccccc4N32)cc1. The molecule has 2 aliphatic rings. The molecule has 0 aliphatic carbocycles. The molecule has 0 spiro atoms. The smallest absolute Gasteiger partial charge is 0.0546 e. The maximum atomic E-state index is 2.69. The molecule has 1 heteroatoms. The molecule has 2 aromatic rings. The minimum absolute atomic E-state index is 0.577. The Labute approximate surface area is 114 Å². The number of para-hydroxylation sites is 1. The minimum atomic E-state index is 0.577. The van der Waals surface area contributed by atoms with E-state index in [9.17, 15) is 0 Å². The Kier molecular flexibility index (Phi) is 2.58. The van der Waals surface area contributed by atoms with Crippen LogP contribution in [0.1, 0.15) is 36.4 Å². The average Bonchev–Trinajstić information content (AvgIpc) is 2.92. The van der Waals surface area contributed by atoms with Crippen LogP contribution in [0.2, 0.25) is 0 Å². The molecule has 1 nitrogen and oxygen atoms in total. The van der Waals surface area contributed by atoms with E-state index in [1.165, 1.54) is 42.5 Å². The van der Waals surface area contributed by atoms with Gasteiger partial charge in [0.2, 0.25) is 0 Å². The van der Waals surface area contributed by atoms with Gasteiger partial charge in [-0.3, -0.25) is 0 Å². The maximum absolute atomic E-state index is 2.69. The molecule has 0 bridgehead atoms. The van der Waals surface area contributed by atoms with E-state index in [0.717, 1.165) is 6.04 Å². The first-order valence-corrected chi connectivity index (χ1v) is 7.35. The van der Waals surface area contributed by atoms with Crippen LogP contribution < -0.4 is 4.90 Å². The number of fused-ring (bicyclic) bond motifs is 3. The van der Waals surface area contributed by atoms with E-state index in [0.29, 0.717) is 6.04 Å². The summed E-state index contributed by atoms with van der Waals surface area (Å²) in [6.45, 7) is 0. The Morgan fingerprint density at radius 3 is 2.47 bits per heavy atom. The summed E-state index contributed by atoms with van der Waals surface area (Å²) in [5.41, 5.74) is 4.48. The first kappa shape index (κ1) is 11.1. The Balaban J connectivity index is 1.78. The van der Waals surface area contributed by atoms with Gasteiger partial charge in [-0.2, -0.15) is 0 Å². The lowest BCUT2D eigenvalue weighted by atomic mass is 9.96. The number of aryl methyl sites for hydroxylation is 1. The third-order valence-electron chi connectivity index (χ3n) is 4.70. The molecule has 0 aromatic heterocycles. The first-order chi connectivity index (χ1) is 9.43. The quantitative estimate of drug-likeness (QED) is 0.726.